The first-order valence-corrected chi connectivity index (χ1v) is 9.63. The summed E-state index contributed by atoms with van der Waals surface area (Å²) in [4.78, 5) is 7.52. The highest BCUT2D eigenvalue weighted by molar-refractivity contribution is 7.98. The number of nitrogens with one attached hydrogen (secondary N) is 1. The Labute approximate surface area is 170 Å². The van der Waals surface area contributed by atoms with Gasteiger partial charge in [0.2, 0.25) is 11.8 Å². The Morgan fingerprint density at radius 1 is 1.00 bits per heavy atom. The van der Waals surface area contributed by atoms with Gasteiger partial charge < -0.3 is 18.9 Å². The third kappa shape index (κ3) is 4.24. The Morgan fingerprint density at radius 2 is 1.76 bits per heavy atom. The summed E-state index contributed by atoms with van der Waals surface area (Å²) in [6.07, 6.45) is 1.71. The molecule has 0 radical (unpaired) electrons. The highest BCUT2D eigenvalue weighted by Gasteiger charge is 2.13. The van der Waals surface area contributed by atoms with Crippen LogP contribution in [0.4, 0.5) is 4.39 Å². The molecule has 4 rings (SSSR count). The molecule has 2 heterocycles. The van der Waals surface area contributed by atoms with Crippen molar-refractivity contribution in [1.82, 2.24) is 20.2 Å². The van der Waals surface area contributed by atoms with Gasteiger partial charge in [0.05, 0.1) is 31.9 Å². The predicted molar refractivity (Wildman–Crippen MR) is 106 cm³/mol. The molecule has 0 saturated heterocycles. The topological polar surface area (TPSA) is 86.1 Å². The quantitative estimate of drug-likeness (QED) is 0.445. The van der Waals surface area contributed by atoms with E-state index in [2.05, 4.69) is 20.2 Å². The van der Waals surface area contributed by atoms with Crippen molar-refractivity contribution in [1.29, 1.82) is 0 Å². The van der Waals surface area contributed by atoms with E-state index in [9.17, 15) is 4.39 Å². The van der Waals surface area contributed by atoms with Crippen LogP contribution in [0.5, 0.6) is 11.5 Å². The minimum absolute atomic E-state index is 0.274. The Morgan fingerprint density at radius 3 is 2.52 bits per heavy atom. The Balaban J connectivity index is 1.43. The summed E-state index contributed by atoms with van der Waals surface area (Å²) in [5.41, 5.74) is 2.41. The lowest BCUT2D eigenvalue weighted by Gasteiger charge is -2.07. The molecule has 2 aromatic heterocycles. The van der Waals surface area contributed by atoms with Crippen LogP contribution in [-0.2, 0) is 5.75 Å². The third-order valence-corrected chi connectivity index (χ3v) is 5.01. The van der Waals surface area contributed by atoms with Gasteiger partial charge in [0.25, 0.3) is 0 Å². The van der Waals surface area contributed by atoms with Crippen molar-refractivity contribution >= 4 is 11.8 Å². The molecule has 7 nitrogen and oxygen atoms in total. The van der Waals surface area contributed by atoms with Crippen LogP contribution < -0.4 is 9.47 Å². The molecule has 9 heteroatoms. The van der Waals surface area contributed by atoms with Crippen molar-refractivity contribution in [3.63, 3.8) is 0 Å². The summed E-state index contributed by atoms with van der Waals surface area (Å²) in [5, 5.41) is 8.89. The molecule has 0 unspecified atom stereocenters. The van der Waals surface area contributed by atoms with Crippen LogP contribution in [0.3, 0.4) is 0 Å². The smallest absolute Gasteiger partial charge is 0.247 e. The van der Waals surface area contributed by atoms with Crippen LogP contribution in [0, 0.1) is 5.82 Å². The first kappa shape index (κ1) is 19.0. The van der Waals surface area contributed by atoms with Gasteiger partial charge in [0.15, 0.2) is 16.7 Å². The summed E-state index contributed by atoms with van der Waals surface area (Å²) >= 11 is 1.43. The minimum Gasteiger partial charge on any atom is -0.493 e. The molecule has 148 valence electrons. The zero-order chi connectivity index (χ0) is 20.2. The second kappa shape index (κ2) is 8.36. The monoisotopic (exact) mass is 412 g/mol. The molecule has 0 bridgehead atoms. The lowest BCUT2D eigenvalue weighted by atomic mass is 10.2. The first-order valence-electron chi connectivity index (χ1n) is 8.65. The number of halogens is 1. The van der Waals surface area contributed by atoms with Crippen LogP contribution in [0.2, 0.25) is 0 Å². The van der Waals surface area contributed by atoms with E-state index in [0.717, 1.165) is 16.8 Å². The van der Waals surface area contributed by atoms with Gasteiger partial charge in [-0.3, -0.25) is 0 Å². The number of nitrogens with zero attached hydrogens (tertiary/aromatic N) is 3. The minimum atomic E-state index is -0.274. The fourth-order valence-corrected chi connectivity index (χ4v) is 3.37. The Kier molecular flexibility index (Phi) is 5.48. The summed E-state index contributed by atoms with van der Waals surface area (Å²) in [6.45, 7) is 0. The van der Waals surface area contributed by atoms with Crippen molar-refractivity contribution in [2.75, 3.05) is 14.2 Å². The number of benzene rings is 2. The maximum absolute atomic E-state index is 13.1. The SMILES string of the molecule is COc1ccc(-c2nnc(CSc3ncc(-c4ccc(F)cc4)[nH]3)o2)cc1OC. The number of imidazole rings is 1. The Hall–Kier alpha value is -3.33. The summed E-state index contributed by atoms with van der Waals surface area (Å²) in [5.74, 6) is 2.26. The second-order valence-electron chi connectivity index (χ2n) is 5.97. The fourth-order valence-electron chi connectivity index (χ4n) is 2.68. The highest BCUT2D eigenvalue weighted by atomic mass is 32.2. The van der Waals surface area contributed by atoms with Crippen molar-refractivity contribution < 1.29 is 18.3 Å². The molecule has 0 amide bonds. The van der Waals surface area contributed by atoms with Crippen molar-refractivity contribution in [2.24, 2.45) is 0 Å². The number of ether oxygens (including phenoxy) is 2. The largest absolute Gasteiger partial charge is 0.493 e. The lowest BCUT2D eigenvalue weighted by molar-refractivity contribution is 0.355. The van der Waals surface area contributed by atoms with E-state index in [1.165, 1.54) is 23.9 Å². The Bertz CT molecular complexity index is 1110. The van der Waals surface area contributed by atoms with E-state index < -0.39 is 0 Å². The van der Waals surface area contributed by atoms with Crippen molar-refractivity contribution in [3.8, 4) is 34.2 Å². The van der Waals surface area contributed by atoms with Gasteiger partial charge in [-0.25, -0.2) is 9.37 Å². The molecule has 0 saturated carbocycles. The number of hydrogen-bond donors (Lipinski definition) is 1. The normalized spacial score (nSPS) is 10.9. The fraction of sp³-hybridized carbons (Fsp3) is 0.150. The zero-order valence-electron chi connectivity index (χ0n) is 15.7. The van der Waals surface area contributed by atoms with Crippen LogP contribution >= 0.6 is 11.8 Å². The molecule has 0 aliphatic heterocycles. The number of thioether (sulfide) groups is 1. The van der Waals surface area contributed by atoms with Gasteiger partial charge in [-0.2, -0.15) is 0 Å². The van der Waals surface area contributed by atoms with E-state index in [-0.39, 0.29) is 5.82 Å². The second-order valence-corrected chi connectivity index (χ2v) is 6.93. The van der Waals surface area contributed by atoms with Gasteiger partial charge in [0, 0.05) is 5.56 Å². The molecule has 0 aliphatic rings. The predicted octanol–water partition coefficient (Wildman–Crippen LogP) is 4.58. The summed E-state index contributed by atoms with van der Waals surface area (Å²) in [7, 11) is 3.15. The van der Waals surface area contributed by atoms with E-state index in [1.807, 2.05) is 6.07 Å². The van der Waals surface area contributed by atoms with Crippen LogP contribution in [0.1, 0.15) is 5.89 Å². The van der Waals surface area contributed by atoms with E-state index in [0.29, 0.717) is 34.2 Å². The average Bonchev–Trinajstić information content (AvgIpc) is 3.42. The number of methoxy groups -OCH3 is 2. The lowest BCUT2D eigenvalue weighted by Crippen LogP contribution is -1.90. The van der Waals surface area contributed by atoms with Gasteiger partial charge in [0.1, 0.15) is 5.82 Å². The van der Waals surface area contributed by atoms with Gasteiger partial charge in [-0.05, 0) is 48.0 Å². The van der Waals surface area contributed by atoms with E-state index in [4.69, 9.17) is 13.9 Å². The first-order chi connectivity index (χ1) is 14.2. The van der Waals surface area contributed by atoms with Gasteiger partial charge in [-0.1, -0.05) is 11.8 Å². The molecule has 29 heavy (non-hydrogen) atoms. The molecule has 2 aromatic carbocycles. The van der Waals surface area contributed by atoms with E-state index >= 15 is 0 Å². The van der Waals surface area contributed by atoms with Crippen molar-refractivity contribution in [2.45, 2.75) is 10.9 Å². The number of H-pyrrole nitrogens is 1. The molecule has 0 aliphatic carbocycles. The maximum atomic E-state index is 13.1. The third-order valence-electron chi connectivity index (χ3n) is 4.14. The van der Waals surface area contributed by atoms with Crippen LogP contribution in [0.15, 0.2) is 58.2 Å². The maximum Gasteiger partial charge on any atom is 0.247 e. The highest BCUT2D eigenvalue weighted by Crippen LogP contribution is 2.32. The van der Waals surface area contributed by atoms with E-state index in [1.54, 1.807) is 44.7 Å². The molecule has 0 atom stereocenters. The van der Waals surface area contributed by atoms with Crippen LogP contribution in [0.25, 0.3) is 22.7 Å². The molecule has 4 aromatic rings. The number of aromatic nitrogens is 4. The summed E-state index contributed by atoms with van der Waals surface area (Å²) < 4.78 is 29.3. The standard InChI is InChI=1S/C20H17FN4O3S/c1-26-16-8-5-13(9-17(16)27-2)19-25-24-18(28-19)11-29-20-22-10-15(23-20)12-3-6-14(21)7-4-12/h3-10H,11H2,1-2H3,(H,22,23). The zero-order valence-corrected chi connectivity index (χ0v) is 16.5. The molecule has 1 N–H and O–H groups in total. The van der Waals surface area contributed by atoms with Gasteiger partial charge >= 0.3 is 0 Å². The average molecular weight is 412 g/mol. The molecule has 0 spiro atoms. The molecular formula is C20H17FN4O3S. The summed E-state index contributed by atoms with van der Waals surface area (Å²) in [6, 6.07) is 11.6. The molecular weight excluding hydrogens is 395 g/mol. The number of aromatic amines is 1. The molecule has 0 fully saturated rings. The van der Waals surface area contributed by atoms with Crippen molar-refractivity contribution in [3.05, 3.63) is 60.4 Å². The number of hydrogen-bond acceptors (Lipinski definition) is 7. The van der Waals surface area contributed by atoms with Crippen LogP contribution in [-0.4, -0.2) is 34.4 Å². The van der Waals surface area contributed by atoms with Gasteiger partial charge in [-0.15, -0.1) is 10.2 Å². The number of rotatable bonds is 7.